The van der Waals surface area contributed by atoms with Crippen molar-refractivity contribution < 1.29 is 23.9 Å². The zero-order valence-electron chi connectivity index (χ0n) is 19.2. The number of hydrogen-bond donors (Lipinski definition) is 0. The Bertz CT molecular complexity index is 1260. The zero-order chi connectivity index (χ0) is 23.8. The van der Waals surface area contributed by atoms with Crippen LogP contribution in [0.1, 0.15) is 37.9 Å². The van der Waals surface area contributed by atoms with Gasteiger partial charge < -0.3 is 9.47 Å². The third-order valence-corrected chi connectivity index (χ3v) is 7.08. The van der Waals surface area contributed by atoms with E-state index in [-0.39, 0.29) is 17.6 Å². The molecule has 2 amide bonds. The number of imide groups is 1. The fourth-order valence-corrected chi connectivity index (χ4v) is 5.54. The van der Waals surface area contributed by atoms with Crippen LogP contribution >= 0.6 is 0 Å². The molecule has 4 aliphatic heterocycles. The molecule has 0 spiro atoms. The molecule has 0 aromatic heterocycles. The standard InChI is InChI=1S/C26H25N3O5/c1-26(2,3)23(30)22-20-19(21-16-7-5-4-6-14(16)13-27-29(21)22)24(31)28(25(20)32)15-8-9-17-18(12-15)34-11-10-33-17/h4-9,12-13,19-22H,10-11H2,1-3H3/t19-,20+,21-,22-/m1/s1. The van der Waals surface area contributed by atoms with Gasteiger partial charge in [0.15, 0.2) is 17.3 Å². The van der Waals surface area contributed by atoms with Gasteiger partial charge in [0.25, 0.3) is 0 Å². The average molecular weight is 460 g/mol. The van der Waals surface area contributed by atoms with Crippen molar-refractivity contribution in [2.45, 2.75) is 32.9 Å². The van der Waals surface area contributed by atoms with Gasteiger partial charge in [0.1, 0.15) is 19.3 Å². The maximum Gasteiger partial charge on any atom is 0.240 e. The monoisotopic (exact) mass is 459 g/mol. The Morgan fingerprint density at radius 1 is 0.971 bits per heavy atom. The number of Topliss-reactive ketones (excluding diaryl/α,β-unsaturated/α-hetero) is 1. The second-order valence-corrected chi connectivity index (χ2v) is 10.1. The molecule has 2 aromatic carbocycles. The van der Waals surface area contributed by atoms with Gasteiger partial charge in [-0.1, -0.05) is 45.0 Å². The van der Waals surface area contributed by atoms with Crippen LogP contribution in [-0.2, 0) is 14.4 Å². The number of nitrogens with zero attached hydrogens (tertiary/aromatic N) is 3. The third-order valence-electron chi connectivity index (χ3n) is 7.08. The van der Waals surface area contributed by atoms with Gasteiger partial charge in [0.2, 0.25) is 11.8 Å². The number of amides is 2. The van der Waals surface area contributed by atoms with E-state index in [1.54, 1.807) is 29.4 Å². The maximum atomic E-state index is 13.9. The van der Waals surface area contributed by atoms with E-state index < -0.39 is 29.3 Å². The molecule has 6 rings (SSSR count). The van der Waals surface area contributed by atoms with Crippen LogP contribution in [-0.4, -0.2) is 48.1 Å². The van der Waals surface area contributed by atoms with E-state index in [0.717, 1.165) is 11.1 Å². The lowest BCUT2D eigenvalue weighted by Gasteiger charge is -2.35. The first-order valence-electron chi connectivity index (χ1n) is 11.5. The van der Waals surface area contributed by atoms with E-state index in [9.17, 15) is 14.4 Å². The van der Waals surface area contributed by atoms with Crippen LogP contribution in [0.5, 0.6) is 11.5 Å². The molecule has 2 saturated heterocycles. The molecule has 0 radical (unpaired) electrons. The number of fused-ring (bicyclic) bond motifs is 6. The highest BCUT2D eigenvalue weighted by Gasteiger charge is 2.66. The summed E-state index contributed by atoms with van der Waals surface area (Å²) in [5, 5.41) is 6.28. The van der Waals surface area contributed by atoms with Crippen LogP contribution in [0.2, 0.25) is 0 Å². The van der Waals surface area contributed by atoms with E-state index in [4.69, 9.17) is 9.47 Å². The summed E-state index contributed by atoms with van der Waals surface area (Å²) in [5.74, 6) is -1.26. The molecule has 34 heavy (non-hydrogen) atoms. The number of hydrazone groups is 1. The topological polar surface area (TPSA) is 88.5 Å². The average Bonchev–Trinajstić information content (AvgIpc) is 3.30. The van der Waals surface area contributed by atoms with Crippen molar-refractivity contribution in [3.8, 4) is 11.5 Å². The van der Waals surface area contributed by atoms with Crippen molar-refractivity contribution in [2.24, 2.45) is 22.4 Å². The van der Waals surface area contributed by atoms with Crippen molar-refractivity contribution >= 4 is 29.5 Å². The predicted molar refractivity (Wildman–Crippen MR) is 124 cm³/mol. The number of hydrogen-bond acceptors (Lipinski definition) is 7. The van der Waals surface area contributed by atoms with Gasteiger partial charge in [0, 0.05) is 11.5 Å². The van der Waals surface area contributed by atoms with Gasteiger partial charge in [-0.05, 0) is 23.3 Å². The van der Waals surface area contributed by atoms with E-state index in [1.807, 2.05) is 45.0 Å². The highest BCUT2D eigenvalue weighted by molar-refractivity contribution is 6.24. The second kappa shape index (κ2) is 7.16. The number of ether oxygens (including phenoxy) is 2. The summed E-state index contributed by atoms with van der Waals surface area (Å²) in [6.45, 7) is 6.35. The Labute approximate surface area is 197 Å². The molecule has 174 valence electrons. The number of carbonyl (C=O) groups is 3. The first-order chi connectivity index (χ1) is 16.3. The molecular weight excluding hydrogens is 434 g/mol. The van der Waals surface area contributed by atoms with Gasteiger partial charge in [-0.25, -0.2) is 4.90 Å². The Balaban J connectivity index is 1.47. The molecule has 8 heteroatoms. The van der Waals surface area contributed by atoms with E-state index in [0.29, 0.717) is 30.4 Å². The van der Waals surface area contributed by atoms with E-state index in [1.165, 1.54) is 4.90 Å². The fourth-order valence-electron chi connectivity index (χ4n) is 5.54. The molecule has 0 saturated carbocycles. The smallest absolute Gasteiger partial charge is 0.240 e. The summed E-state index contributed by atoms with van der Waals surface area (Å²) in [5.41, 5.74) is 1.52. The quantitative estimate of drug-likeness (QED) is 0.642. The van der Waals surface area contributed by atoms with Crippen LogP contribution in [0.25, 0.3) is 0 Å². The lowest BCUT2D eigenvalue weighted by molar-refractivity contribution is -0.136. The number of anilines is 1. The fraction of sp³-hybridized carbons (Fsp3) is 0.385. The lowest BCUT2D eigenvalue weighted by Crippen LogP contribution is -2.48. The summed E-state index contributed by atoms with van der Waals surface area (Å²) in [6, 6.07) is 11.5. The minimum absolute atomic E-state index is 0.105. The van der Waals surface area contributed by atoms with E-state index >= 15 is 0 Å². The molecule has 4 atom stereocenters. The highest BCUT2D eigenvalue weighted by Crippen LogP contribution is 2.54. The van der Waals surface area contributed by atoms with Crippen LogP contribution in [0, 0.1) is 17.3 Å². The number of benzene rings is 2. The summed E-state index contributed by atoms with van der Waals surface area (Å²) in [4.78, 5) is 42.6. The molecule has 0 unspecified atom stereocenters. The number of carbonyl (C=O) groups excluding carboxylic acids is 3. The first kappa shape index (κ1) is 20.9. The Hall–Kier alpha value is -3.68. The van der Waals surface area contributed by atoms with Crippen LogP contribution in [0.3, 0.4) is 0 Å². The SMILES string of the molecule is CC(C)(C)C(=O)[C@H]1[C@H]2C(=O)N(c3ccc4c(c3)OCCO4)C(=O)[C@H]2[C@H]2c3ccccc3C=NN21. The third kappa shape index (κ3) is 2.84. The molecule has 0 bridgehead atoms. The zero-order valence-corrected chi connectivity index (χ0v) is 19.2. The van der Waals surface area contributed by atoms with Crippen molar-refractivity contribution in [1.82, 2.24) is 5.01 Å². The second-order valence-electron chi connectivity index (χ2n) is 10.1. The molecule has 2 fully saturated rings. The number of ketones is 1. The van der Waals surface area contributed by atoms with Gasteiger partial charge in [-0.2, -0.15) is 5.10 Å². The molecule has 4 aliphatic rings. The Morgan fingerprint density at radius 3 is 2.44 bits per heavy atom. The van der Waals surface area contributed by atoms with Crippen molar-refractivity contribution in [1.29, 1.82) is 0 Å². The summed E-state index contributed by atoms with van der Waals surface area (Å²) in [7, 11) is 0. The molecule has 2 aromatic rings. The number of rotatable bonds is 2. The van der Waals surface area contributed by atoms with Crippen LogP contribution in [0.15, 0.2) is 47.6 Å². The van der Waals surface area contributed by atoms with Crippen LogP contribution in [0.4, 0.5) is 5.69 Å². The minimum atomic E-state index is -0.821. The van der Waals surface area contributed by atoms with Gasteiger partial charge in [-0.3, -0.25) is 19.4 Å². The molecule has 8 nitrogen and oxygen atoms in total. The summed E-state index contributed by atoms with van der Waals surface area (Å²) < 4.78 is 11.3. The van der Waals surface area contributed by atoms with Crippen LogP contribution < -0.4 is 14.4 Å². The van der Waals surface area contributed by atoms with Crippen molar-refractivity contribution in [3.63, 3.8) is 0 Å². The molecular formula is C26H25N3O5. The highest BCUT2D eigenvalue weighted by atomic mass is 16.6. The molecule has 0 N–H and O–H groups in total. The summed E-state index contributed by atoms with van der Waals surface area (Å²) in [6.07, 6.45) is 1.71. The minimum Gasteiger partial charge on any atom is -0.486 e. The first-order valence-corrected chi connectivity index (χ1v) is 11.5. The Kier molecular flexibility index (Phi) is 4.40. The molecule has 4 heterocycles. The van der Waals surface area contributed by atoms with Gasteiger partial charge >= 0.3 is 0 Å². The van der Waals surface area contributed by atoms with Crippen molar-refractivity contribution in [2.75, 3.05) is 18.1 Å². The molecule has 0 aliphatic carbocycles. The van der Waals surface area contributed by atoms with E-state index in [2.05, 4.69) is 5.10 Å². The largest absolute Gasteiger partial charge is 0.486 e. The van der Waals surface area contributed by atoms with Crippen molar-refractivity contribution in [3.05, 3.63) is 53.6 Å². The normalized spacial score (nSPS) is 26.9. The van der Waals surface area contributed by atoms with Gasteiger partial charge in [-0.15, -0.1) is 0 Å². The maximum absolute atomic E-state index is 13.9. The lowest BCUT2D eigenvalue weighted by atomic mass is 9.79. The summed E-state index contributed by atoms with van der Waals surface area (Å²) >= 11 is 0. The van der Waals surface area contributed by atoms with Gasteiger partial charge in [0.05, 0.1) is 29.8 Å². The Morgan fingerprint density at radius 2 is 1.68 bits per heavy atom. The predicted octanol–water partition coefficient (Wildman–Crippen LogP) is 2.95.